The molecule has 0 saturated carbocycles. The molecule has 26 heavy (non-hydrogen) atoms. The fraction of sp³-hybridized carbons (Fsp3) is 0.0556. The molecule has 0 saturated heterocycles. The summed E-state index contributed by atoms with van der Waals surface area (Å²) >= 11 is 6.03. The number of hydrogen-bond donors (Lipinski definition) is 3. The number of nitriles is 1. The largest absolute Gasteiger partial charge is 0.495 e. The molecule has 7 nitrogen and oxygen atoms in total. The predicted molar refractivity (Wildman–Crippen MR) is 100 cm³/mol. The zero-order valence-electron chi connectivity index (χ0n) is 13.7. The number of hydrogen-bond acceptors (Lipinski definition) is 5. The number of carbonyl (C=O) groups excluding carboxylic acids is 1. The Morgan fingerprint density at radius 1 is 1.31 bits per heavy atom. The van der Waals surface area contributed by atoms with Gasteiger partial charge in [0.05, 0.1) is 23.8 Å². The number of nitrogens with one attached hydrogen (secondary N) is 3. The first-order valence-corrected chi connectivity index (χ1v) is 7.93. The third-order valence-corrected chi connectivity index (χ3v) is 3.90. The highest BCUT2D eigenvalue weighted by molar-refractivity contribution is 6.32. The minimum absolute atomic E-state index is 0.0818. The molecule has 0 aliphatic carbocycles. The molecule has 3 N–H and O–H groups in total. The summed E-state index contributed by atoms with van der Waals surface area (Å²) in [7, 11) is 1.50. The van der Waals surface area contributed by atoms with Crippen LogP contribution in [0.3, 0.4) is 0 Å². The van der Waals surface area contributed by atoms with E-state index in [0.29, 0.717) is 16.5 Å². The van der Waals surface area contributed by atoms with Crippen molar-refractivity contribution in [2.75, 3.05) is 17.7 Å². The Bertz CT molecular complexity index is 1040. The molecular weight excluding hydrogens is 354 g/mol. The van der Waals surface area contributed by atoms with Crippen molar-refractivity contribution >= 4 is 39.8 Å². The number of aromatic nitrogens is 2. The van der Waals surface area contributed by atoms with E-state index in [9.17, 15) is 10.1 Å². The Hall–Kier alpha value is -3.50. The van der Waals surface area contributed by atoms with Gasteiger partial charge in [-0.2, -0.15) is 10.4 Å². The molecule has 1 amide bonds. The summed E-state index contributed by atoms with van der Waals surface area (Å²) in [6.07, 6.45) is 3.06. The average molecular weight is 368 g/mol. The van der Waals surface area contributed by atoms with E-state index < -0.39 is 5.91 Å². The van der Waals surface area contributed by atoms with Crippen LogP contribution in [0.1, 0.15) is 0 Å². The number of fused-ring (bicyclic) bond motifs is 1. The molecule has 0 aliphatic rings. The summed E-state index contributed by atoms with van der Waals surface area (Å²) < 4.78 is 5.06. The van der Waals surface area contributed by atoms with Gasteiger partial charge in [-0.15, -0.1) is 0 Å². The van der Waals surface area contributed by atoms with Crippen molar-refractivity contribution in [3.05, 3.63) is 59.4 Å². The van der Waals surface area contributed by atoms with E-state index in [1.165, 1.54) is 13.3 Å². The van der Waals surface area contributed by atoms with E-state index in [0.717, 1.165) is 16.6 Å². The quantitative estimate of drug-likeness (QED) is 0.471. The molecule has 0 spiro atoms. The summed E-state index contributed by atoms with van der Waals surface area (Å²) in [5.74, 6) is -0.0552. The van der Waals surface area contributed by atoms with Crippen molar-refractivity contribution < 1.29 is 9.53 Å². The zero-order chi connectivity index (χ0) is 18.5. The van der Waals surface area contributed by atoms with E-state index >= 15 is 0 Å². The number of ether oxygens (including phenoxy) is 1. The highest BCUT2D eigenvalue weighted by Gasteiger charge is 2.11. The van der Waals surface area contributed by atoms with Crippen molar-refractivity contribution in [3.63, 3.8) is 0 Å². The number of carbonyl (C=O) groups is 1. The molecular formula is C18H14ClN5O2. The second-order valence-corrected chi connectivity index (χ2v) is 5.70. The molecule has 0 atom stereocenters. The summed E-state index contributed by atoms with van der Waals surface area (Å²) in [6, 6.07) is 12.2. The van der Waals surface area contributed by atoms with Gasteiger partial charge in [-0.1, -0.05) is 11.6 Å². The number of halogens is 1. The molecule has 3 rings (SSSR count). The fourth-order valence-electron chi connectivity index (χ4n) is 2.27. The molecule has 130 valence electrons. The Kier molecular flexibility index (Phi) is 5.06. The van der Waals surface area contributed by atoms with E-state index in [4.69, 9.17) is 16.3 Å². The Morgan fingerprint density at radius 2 is 2.12 bits per heavy atom. The number of H-pyrrole nitrogens is 1. The average Bonchev–Trinajstić information content (AvgIpc) is 3.10. The molecule has 0 fully saturated rings. The molecule has 8 heteroatoms. The van der Waals surface area contributed by atoms with Crippen LogP contribution in [0.25, 0.3) is 10.9 Å². The van der Waals surface area contributed by atoms with Crippen molar-refractivity contribution in [1.29, 1.82) is 5.26 Å². The maximum absolute atomic E-state index is 12.3. The van der Waals surface area contributed by atoms with Gasteiger partial charge >= 0.3 is 0 Å². The highest BCUT2D eigenvalue weighted by Crippen LogP contribution is 2.27. The topological polar surface area (TPSA) is 103 Å². The van der Waals surface area contributed by atoms with Crippen LogP contribution in [0.2, 0.25) is 5.02 Å². The highest BCUT2D eigenvalue weighted by atomic mass is 35.5. The van der Waals surface area contributed by atoms with Crippen LogP contribution in [0, 0.1) is 11.3 Å². The van der Waals surface area contributed by atoms with E-state index in [2.05, 4.69) is 20.8 Å². The van der Waals surface area contributed by atoms with Gasteiger partial charge in [0.1, 0.15) is 17.4 Å². The van der Waals surface area contributed by atoms with E-state index in [-0.39, 0.29) is 5.57 Å². The first kappa shape index (κ1) is 17.3. The standard InChI is InChI=1S/C18H14ClN5O2/c1-26-17-5-4-14(6-15(17)19)23-18(25)12(8-20)9-21-13-3-2-11-10-22-24-16(11)7-13/h2-7,9-10,21H,1H3,(H,22,24)(H,23,25)/b12-9-. The summed E-state index contributed by atoms with van der Waals surface area (Å²) in [6.45, 7) is 0. The van der Waals surface area contributed by atoms with E-state index in [1.54, 1.807) is 24.4 Å². The number of rotatable bonds is 5. The molecule has 0 bridgehead atoms. The lowest BCUT2D eigenvalue weighted by atomic mass is 10.2. The van der Waals surface area contributed by atoms with Crippen LogP contribution in [-0.4, -0.2) is 23.2 Å². The van der Waals surface area contributed by atoms with Gasteiger partial charge in [-0.25, -0.2) is 0 Å². The number of anilines is 2. The Morgan fingerprint density at radius 3 is 2.85 bits per heavy atom. The number of nitrogens with zero attached hydrogens (tertiary/aromatic N) is 2. The van der Waals surface area contributed by atoms with Gasteiger partial charge in [-0.3, -0.25) is 9.89 Å². The minimum atomic E-state index is -0.552. The Balaban J connectivity index is 1.72. The molecule has 1 heterocycles. The van der Waals surface area contributed by atoms with Crippen LogP contribution >= 0.6 is 11.6 Å². The third-order valence-electron chi connectivity index (χ3n) is 3.60. The zero-order valence-corrected chi connectivity index (χ0v) is 14.5. The van der Waals surface area contributed by atoms with Crippen LogP contribution in [-0.2, 0) is 4.79 Å². The summed E-state index contributed by atoms with van der Waals surface area (Å²) in [5, 5.41) is 22.9. The van der Waals surface area contributed by atoms with Crippen molar-refractivity contribution in [3.8, 4) is 11.8 Å². The maximum atomic E-state index is 12.3. The predicted octanol–water partition coefficient (Wildman–Crippen LogP) is 3.68. The fourth-order valence-corrected chi connectivity index (χ4v) is 2.53. The van der Waals surface area contributed by atoms with E-state index in [1.807, 2.05) is 24.3 Å². The summed E-state index contributed by atoms with van der Waals surface area (Å²) in [4.78, 5) is 12.3. The normalized spacial score (nSPS) is 11.0. The van der Waals surface area contributed by atoms with Gasteiger partial charge in [0.15, 0.2) is 0 Å². The second-order valence-electron chi connectivity index (χ2n) is 5.29. The minimum Gasteiger partial charge on any atom is -0.495 e. The van der Waals surface area contributed by atoms with Gasteiger partial charge in [0.2, 0.25) is 0 Å². The first-order chi connectivity index (χ1) is 12.6. The molecule has 1 aromatic heterocycles. The Labute approximate surface area is 154 Å². The number of methoxy groups -OCH3 is 1. The molecule has 0 aliphatic heterocycles. The maximum Gasteiger partial charge on any atom is 0.267 e. The van der Waals surface area contributed by atoms with Crippen molar-refractivity contribution in [1.82, 2.24) is 10.2 Å². The molecule has 0 unspecified atom stereocenters. The summed E-state index contributed by atoms with van der Waals surface area (Å²) in [5.41, 5.74) is 1.94. The van der Waals surface area contributed by atoms with Gasteiger partial charge < -0.3 is 15.4 Å². The number of amides is 1. The van der Waals surface area contributed by atoms with Crippen molar-refractivity contribution in [2.24, 2.45) is 0 Å². The van der Waals surface area contributed by atoms with Crippen LogP contribution in [0.4, 0.5) is 11.4 Å². The molecule has 2 aromatic carbocycles. The monoisotopic (exact) mass is 367 g/mol. The van der Waals surface area contributed by atoms with Crippen LogP contribution < -0.4 is 15.4 Å². The van der Waals surface area contributed by atoms with Gasteiger partial charge in [0.25, 0.3) is 5.91 Å². The first-order valence-electron chi connectivity index (χ1n) is 7.55. The van der Waals surface area contributed by atoms with Crippen LogP contribution in [0.5, 0.6) is 5.75 Å². The second kappa shape index (κ2) is 7.59. The van der Waals surface area contributed by atoms with Gasteiger partial charge in [0, 0.05) is 23.0 Å². The SMILES string of the molecule is COc1ccc(NC(=O)/C(C#N)=C\Nc2ccc3cn[nH]c3c2)cc1Cl. The smallest absolute Gasteiger partial charge is 0.267 e. The van der Waals surface area contributed by atoms with Gasteiger partial charge in [-0.05, 0) is 36.4 Å². The molecule has 0 radical (unpaired) electrons. The molecule has 3 aromatic rings. The van der Waals surface area contributed by atoms with Crippen molar-refractivity contribution in [2.45, 2.75) is 0 Å². The number of aromatic amines is 1. The number of benzene rings is 2. The lowest BCUT2D eigenvalue weighted by Gasteiger charge is -2.08. The third kappa shape index (κ3) is 3.77. The lowest BCUT2D eigenvalue weighted by Crippen LogP contribution is -2.14. The lowest BCUT2D eigenvalue weighted by molar-refractivity contribution is -0.112. The van der Waals surface area contributed by atoms with Crippen LogP contribution in [0.15, 0.2) is 54.4 Å².